The van der Waals surface area contributed by atoms with Crippen molar-refractivity contribution < 1.29 is 0 Å². The maximum atomic E-state index is 6.32. The number of rotatable bonds is 2. The second-order valence-corrected chi connectivity index (χ2v) is 6.12. The van der Waals surface area contributed by atoms with E-state index in [1.165, 1.54) is 38.9 Å². The van der Waals surface area contributed by atoms with Crippen LogP contribution in [0.25, 0.3) is 0 Å². The van der Waals surface area contributed by atoms with Gasteiger partial charge in [0.2, 0.25) is 0 Å². The van der Waals surface area contributed by atoms with Gasteiger partial charge in [0.1, 0.15) is 0 Å². The molecule has 0 radical (unpaired) electrons. The molecule has 0 aliphatic heterocycles. The van der Waals surface area contributed by atoms with Crippen molar-refractivity contribution in [2.75, 3.05) is 5.73 Å². The zero-order chi connectivity index (χ0) is 15.0. The van der Waals surface area contributed by atoms with Gasteiger partial charge in [0.05, 0.1) is 0 Å². The molecule has 0 heterocycles. The van der Waals surface area contributed by atoms with E-state index >= 15 is 0 Å². The second-order valence-electron chi connectivity index (χ2n) is 6.12. The van der Waals surface area contributed by atoms with Gasteiger partial charge in [-0.05, 0) is 62.4 Å². The Balaban J connectivity index is 2.60. The van der Waals surface area contributed by atoms with Gasteiger partial charge in [0, 0.05) is 11.6 Å². The molecule has 0 saturated heterocycles. The van der Waals surface area contributed by atoms with Crippen LogP contribution in [0.3, 0.4) is 0 Å². The molecule has 2 aromatic rings. The lowest BCUT2D eigenvalue weighted by atomic mass is 9.84. The Bertz CT molecular complexity index is 630. The van der Waals surface area contributed by atoms with E-state index in [9.17, 15) is 0 Å². The fourth-order valence-electron chi connectivity index (χ4n) is 3.40. The molecule has 1 unspecified atom stereocenters. The first-order valence-electron chi connectivity index (χ1n) is 7.25. The number of nitrogen functional groups attached to an aromatic ring is 1. The Morgan fingerprint density at radius 2 is 1.20 bits per heavy atom. The molecule has 0 bridgehead atoms. The number of anilines is 1. The van der Waals surface area contributed by atoms with Crippen molar-refractivity contribution in [2.24, 2.45) is 0 Å². The normalized spacial score (nSPS) is 12.5. The fourth-order valence-corrected chi connectivity index (χ4v) is 3.40. The molecule has 2 rings (SSSR count). The van der Waals surface area contributed by atoms with Crippen molar-refractivity contribution in [1.29, 1.82) is 0 Å². The molecule has 1 atom stereocenters. The number of benzene rings is 2. The average Bonchev–Trinajstić information content (AvgIpc) is 2.32. The predicted octanol–water partition coefficient (Wildman–Crippen LogP) is 4.96. The summed E-state index contributed by atoms with van der Waals surface area (Å²) >= 11 is 0. The Morgan fingerprint density at radius 3 is 1.75 bits per heavy atom. The minimum Gasteiger partial charge on any atom is -0.398 e. The minimum atomic E-state index is 0.328. The average molecular weight is 267 g/mol. The van der Waals surface area contributed by atoms with Crippen molar-refractivity contribution >= 4 is 5.69 Å². The monoisotopic (exact) mass is 267 g/mol. The molecule has 1 nitrogen and oxygen atoms in total. The second kappa shape index (κ2) is 5.32. The quantitative estimate of drug-likeness (QED) is 0.764. The van der Waals surface area contributed by atoms with Crippen LogP contribution >= 0.6 is 0 Å². The molecule has 0 aromatic heterocycles. The van der Waals surface area contributed by atoms with Crippen LogP contribution in [0.1, 0.15) is 51.8 Å². The number of hydrogen-bond donors (Lipinski definition) is 1. The topological polar surface area (TPSA) is 26.0 Å². The molecular formula is C19H25N. The molecule has 1 heteroatoms. The van der Waals surface area contributed by atoms with Gasteiger partial charge in [-0.1, -0.05) is 42.3 Å². The van der Waals surface area contributed by atoms with Crippen LogP contribution in [0.5, 0.6) is 0 Å². The van der Waals surface area contributed by atoms with Crippen LogP contribution in [0.4, 0.5) is 5.69 Å². The maximum Gasteiger partial charge on any atom is 0.0382 e. The summed E-state index contributed by atoms with van der Waals surface area (Å²) in [7, 11) is 0. The molecule has 2 aromatic carbocycles. The van der Waals surface area contributed by atoms with Crippen molar-refractivity contribution in [1.82, 2.24) is 0 Å². The fraction of sp³-hybridized carbons (Fsp3) is 0.368. The summed E-state index contributed by atoms with van der Waals surface area (Å²) in [6, 6.07) is 8.90. The number of hydrogen-bond acceptors (Lipinski definition) is 1. The molecule has 0 fully saturated rings. The number of aryl methyl sites for hydroxylation is 5. The summed E-state index contributed by atoms with van der Waals surface area (Å²) in [6.07, 6.45) is 0. The van der Waals surface area contributed by atoms with Crippen LogP contribution in [-0.4, -0.2) is 0 Å². The Kier molecular flexibility index (Phi) is 3.89. The molecule has 20 heavy (non-hydrogen) atoms. The molecule has 0 amide bonds. The van der Waals surface area contributed by atoms with E-state index in [4.69, 9.17) is 5.73 Å². The van der Waals surface area contributed by atoms with E-state index in [0.29, 0.717) is 5.92 Å². The van der Waals surface area contributed by atoms with Gasteiger partial charge in [-0.25, -0.2) is 0 Å². The van der Waals surface area contributed by atoms with Gasteiger partial charge in [-0.3, -0.25) is 0 Å². The third kappa shape index (κ3) is 2.58. The number of nitrogens with two attached hydrogens (primary N) is 1. The zero-order valence-electron chi connectivity index (χ0n) is 13.5. The molecule has 0 spiro atoms. The minimum absolute atomic E-state index is 0.328. The highest BCUT2D eigenvalue weighted by atomic mass is 14.6. The van der Waals surface area contributed by atoms with Crippen LogP contribution in [0.15, 0.2) is 24.3 Å². The Hall–Kier alpha value is -1.76. The van der Waals surface area contributed by atoms with Crippen molar-refractivity contribution in [3.8, 4) is 0 Å². The predicted molar refractivity (Wildman–Crippen MR) is 88.5 cm³/mol. The lowest BCUT2D eigenvalue weighted by molar-refractivity contribution is 0.895. The SMILES string of the molecule is Cc1cc(C)c(C(C)c2cc(C)cc(C)c2N)c(C)c1. The molecule has 0 saturated carbocycles. The Labute approximate surface area is 122 Å². The lowest BCUT2D eigenvalue weighted by Crippen LogP contribution is -2.07. The molecule has 106 valence electrons. The van der Waals surface area contributed by atoms with Crippen molar-refractivity contribution in [2.45, 2.75) is 47.5 Å². The van der Waals surface area contributed by atoms with Gasteiger partial charge >= 0.3 is 0 Å². The highest BCUT2D eigenvalue weighted by Crippen LogP contribution is 2.35. The van der Waals surface area contributed by atoms with Gasteiger partial charge < -0.3 is 5.73 Å². The first-order valence-corrected chi connectivity index (χ1v) is 7.25. The van der Waals surface area contributed by atoms with Crippen molar-refractivity contribution in [3.63, 3.8) is 0 Å². The molecule has 2 N–H and O–H groups in total. The first kappa shape index (κ1) is 14.6. The van der Waals surface area contributed by atoms with E-state index in [1.54, 1.807) is 0 Å². The largest absolute Gasteiger partial charge is 0.398 e. The van der Waals surface area contributed by atoms with Crippen molar-refractivity contribution in [3.05, 3.63) is 63.2 Å². The molecular weight excluding hydrogens is 242 g/mol. The van der Waals surface area contributed by atoms with Crippen LogP contribution in [0, 0.1) is 34.6 Å². The summed E-state index contributed by atoms with van der Waals surface area (Å²) < 4.78 is 0. The molecule has 0 aliphatic rings. The van der Waals surface area contributed by atoms with E-state index in [0.717, 1.165) is 5.69 Å². The highest BCUT2D eigenvalue weighted by molar-refractivity contribution is 5.59. The van der Waals surface area contributed by atoms with E-state index in [1.807, 2.05) is 0 Å². The zero-order valence-corrected chi connectivity index (χ0v) is 13.5. The molecule has 0 aliphatic carbocycles. The van der Waals surface area contributed by atoms with Gasteiger partial charge in [0.25, 0.3) is 0 Å². The maximum absolute atomic E-state index is 6.32. The van der Waals surface area contributed by atoms with Gasteiger partial charge in [-0.15, -0.1) is 0 Å². The lowest BCUT2D eigenvalue weighted by Gasteiger charge is -2.22. The summed E-state index contributed by atoms with van der Waals surface area (Å²) in [5, 5.41) is 0. The third-order valence-corrected chi connectivity index (χ3v) is 4.20. The van der Waals surface area contributed by atoms with Crippen LogP contribution < -0.4 is 5.73 Å². The Morgan fingerprint density at radius 1 is 0.750 bits per heavy atom. The van der Waals surface area contributed by atoms with E-state index < -0.39 is 0 Å². The van der Waals surface area contributed by atoms with E-state index in [2.05, 4.69) is 65.8 Å². The van der Waals surface area contributed by atoms with E-state index in [-0.39, 0.29) is 0 Å². The third-order valence-electron chi connectivity index (χ3n) is 4.20. The first-order chi connectivity index (χ1) is 9.31. The smallest absolute Gasteiger partial charge is 0.0382 e. The standard InChI is InChI=1S/C19H25N/c1-11-7-13(3)18(14(4)8-11)16(6)17-10-12(2)9-15(5)19(17)20/h7-10,16H,20H2,1-6H3. The van der Waals surface area contributed by atoms with Crippen LogP contribution in [-0.2, 0) is 0 Å². The summed E-state index contributed by atoms with van der Waals surface area (Å²) in [5.74, 6) is 0.328. The highest BCUT2D eigenvalue weighted by Gasteiger charge is 2.17. The van der Waals surface area contributed by atoms with Crippen LogP contribution in [0.2, 0.25) is 0 Å². The summed E-state index contributed by atoms with van der Waals surface area (Å²) in [4.78, 5) is 0. The van der Waals surface area contributed by atoms with Gasteiger partial charge in [0.15, 0.2) is 0 Å². The summed E-state index contributed by atoms with van der Waals surface area (Å²) in [5.41, 5.74) is 16.4. The van der Waals surface area contributed by atoms with Gasteiger partial charge in [-0.2, -0.15) is 0 Å². The summed E-state index contributed by atoms with van der Waals surface area (Å²) in [6.45, 7) is 13.0.